The number of nitrogens with zero attached hydrogens (tertiary/aromatic N) is 3. The van der Waals surface area contributed by atoms with Crippen LogP contribution in [0, 0.1) is 0 Å². The van der Waals surface area contributed by atoms with E-state index >= 15 is 0 Å². The smallest absolute Gasteiger partial charge is 0.250 e. The molecule has 0 saturated heterocycles. The predicted molar refractivity (Wildman–Crippen MR) is 89.6 cm³/mol. The maximum Gasteiger partial charge on any atom is 0.250 e. The van der Waals surface area contributed by atoms with Crippen molar-refractivity contribution in [2.24, 2.45) is 0 Å². The first kappa shape index (κ1) is 18.1. The van der Waals surface area contributed by atoms with E-state index in [4.69, 9.17) is 23.2 Å². The standard InChI is InChI=1S/C8H10ClN3O.C5H8ClN3/c1-3-7(13)12(4-2)6-5-10-11-8(6)9;1-2-7-4-3-8-9-5(4)6/h3,5H,1,4H2,2H3,(H,10,11);3,7H,2H2,1H3,(H,8,9). The number of aromatic nitrogens is 4. The van der Waals surface area contributed by atoms with Crippen LogP contribution >= 0.6 is 23.2 Å². The number of hydrogen-bond acceptors (Lipinski definition) is 4. The van der Waals surface area contributed by atoms with E-state index in [1.807, 2.05) is 13.8 Å². The number of halogens is 2. The van der Waals surface area contributed by atoms with Gasteiger partial charge in [-0.2, -0.15) is 10.2 Å². The molecule has 0 aliphatic rings. The lowest BCUT2D eigenvalue weighted by Crippen LogP contribution is -2.28. The molecule has 0 fully saturated rings. The maximum absolute atomic E-state index is 11.3. The summed E-state index contributed by atoms with van der Waals surface area (Å²) in [5.74, 6) is -0.189. The third-order valence-corrected chi connectivity index (χ3v) is 3.15. The topological polar surface area (TPSA) is 89.7 Å². The molecule has 9 heteroatoms. The fraction of sp³-hybridized carbons (Fsp3) is 0.308. The molecule has 2 rings (SSSR count). The molecule has 0 atom stereocenters. The van der Waals surface area contributed by atoms with Crippen LogP contribution in [0.2, 0.25) is 10.3 Å². The first-order valence-corrected chi connectivity index (χ1v) is 7.36. The minimum absolute atomic E-state index is 0.189. The van der Waals surface area contributed by atoms with Crippen molar-refractivity contribution >= 4 is 40.5 Å². The van der Waals surface area contributed by atoms with E-state index in [1.165, 1.54) is 17.2 Å². The summed E-state index contributed by atoms with van der Waals surface area (Å²) in [4.78, 5) is 12.8. The Hall–Kier alpha value is -1.99. The fourth-order valence-corrected chi connectivity index (χ4v) is 1.96. The summed E-state index contributed by atoms with van der Waals surface area (Å²) in [5, 5.41) is 16.6. The first-order valence-electron chi connectivity index (χ1n) is 6.60. The highest BCUT2D eigenvalue weighted by atomic mass is 35.5. The highest BCUT2D eigenvalue weighted by Gasteiger charge is 2.14. The second-order valence-electron chi connectivity index (χ2n) is 3.98. The number of nitrogens with one attached hydrogen (secondary N) is 3. The number of carbonyl (C=O) groups excluding carboxylic acids is 1. The second-order valence-corrected chi connectivity index (χ2v) is 4.74. The number of carbonyl (C=O) groups is 1. The zero-order valence-electron chi connectivity index (χ0n) is 12.4. The van der Waals surface area contributed by atoms with E-state index in [9.17, 15) is 4.79 Å². The molecule has 0 radical (unpaired) electrons. The lowest BCUT2D eigenvalue weighted by Gasteiger charge is -2.16. The number of aromatic amines is 2. The van der Waals surface area contributed by atoms with Crippen molar-refractivity contribution < 1.29 is 4.79 Å². The number of rotatable bonds is 5. The molecule has 1 amide bonds. The molecule has 2 heterocycles. The lowest BCUT2D eigenvalue weighted by molar-refractivity contribution is -0.114. The molecule has 7 nitrogen and oxygen atoms in total. The summed E-state index contributed by atoms with van der Waals surface area (Å²) in [7, 11) is 0. The minimum Gasteiger partial charge on any atom is -0.382 e. The molecule has 2 aromatic rings. The molecule has 120 valence electrons. The van der Waals surface area contributed by atoms with Crippen LogP contribution in [0.5, 0.6) is 0 Å². The van der Waals surface area contributed by atoms with Crippen LogP contribution in [0.1, 0.15) is 13.8 Å². The molecule has 22 heavy (non-hydrogen) atoms. The van der Waals surface area contributed by atoms with Crippen molar-refractivity contribution in [1.29, 1.82) is 0 Å². The summed E-state index contributed by atoms with van der Waals surface area (Å²) in [5.41, 5.74) is 1.44. The van der Waals surface area contributed by atoms with Gasteiger partial charge in [0.05, 0.1) is 18.1 Å². The molecule has 0 bridgehead atoms. The van der Waals surface area contributed by atoms with Crippen LogP contribution in [0.15, 0.2) is 25.0 Å². The second kappa shape index (κ2) is 9.11. The van der Waals surface area contributed by atoms with Gasteiger partial charge in [0.2, 0.25) is 5.91 Å². The number of H-pyrrole nitrogens is 2. The summed E-state index contributed by atoms with van der Waals surface area (Å²) in [6.45, 7) is 8.65. The number of likely N-dealkylation sites (N-methyl/N-ethyl adjacent to an activating group) is 1. The zero-order valence-corrected chi connectivity index (χ0v) is 13.9. The Morgan fingerprint density at radius 1 is 1.32 bits per heavy atom. The van der Waals surface area contributed by atoms with Gasteiger partial charge in [0.25, 0.3) is 0 Å². The van der Waals surface area contributed by atoms with Crippen molar-refractivity contribution in [3.8, 4) is 0 Å². The average Bonchev–Trinajstić information content (AvgIpc) is 3.11. The van der Waals surface area contributed by atoms with Gasteiger partial charge in [-0.05, 0) is 19.9 Å². The van der Waals surface area contributed by atoms with Crippen molar-refractivity contribution in [3.05, 3.63) is 35.4 Å². The molecule has 3 N–H and O–H groups in total. The van der Waals surface area contributed by atoms with Crippen molar-refractivity contribution in [2.45, 2.75) is 13.8 Å². The Labute approximate surface area is 138 Å². The van der Waals surface area contributed by atoms with Gasteiger partial charge in [-0.15, -0.1) is 0 Å². The van der Waals surface area contributed by atoms with Gasteiger partial charge in [-0.25, -0.2) is 0 Å². The molecule has 2 aromatic heterocycles. The molecule has 0 aliphatic heterocycles. The van der Waals surface area contributed by atoms with E-state index in [0.717, 1.165) is 12.2 Å². The normalized spacial score (nSPS) is 9.64. The van der Waals surface area contributed by atoms with E-state index in [2.05, 4.69) is 32.3 Å². The number of hydrogen-bond donors (Lipinski definition) is 3. The summed E-state index contributed by atoms with van der Waals surface area (Å²) in [6, 6.07) is 0. The molecular formula is C13H18Cl2N6O. The van der Waals surface area contributed by atoms with Gasteiger partial charge >= 0.3 is 0 Å². The maximum atomic E-state index is 11.3. The van der Waals surface area contributed by atoms with Gasteiger partial charge in [0, 0.05) is 13.1 Å². The van der Waals surface area contributed by atoms with Crippen molar-refractivity contribution in [3.63, 3.8) is 0 Å². The molecule has 0 aromatic carbocycles. The number of amides is 1. The van der Waals surface area contributed by atoms with Crippen molar-refractivity contribution in [2.75, 3.05) is 23.3 Å². The van der Waals surface area contributed by atoms with E-state index in [1.54, 1.807) is 6.20 Å². The third kappa shape index (κ3) is 4.78. The monoisotopic (exact) mass is 344 g/mol. The Balaban J connectivity index is 0.000000235. The Morgan fingerprint density at radius 3 is 2.36 bits per heavy atom. The van der Waals surface area contributed by atoms with Gasteiger partial charge in [0.1, 0.15) is 16.0 Å². The number of anilines is 2. The largest absolute Gasteiger partial charge is 0.382 e. The first-order chi connectivity index (χ1) is 10.5. The van der Waals surface area contributed by atoms with Gasteiger partial charge in [-0.3, -0.25) is 15.0 Å². The SMILES string of the molecule is C=CC(=O)N(CC)c1cn[nH]c1Cl.CCNc1cn[nH]c1Cl. The van der Waals surface area contributed by atoms with Gasteiger partial charge in [-0.1, -0.05) is 29.8 Å². The highest BCUT2D eigenvalue weighted by molar-refractivity contribution is 6.32. The van der Waals surface area contributed by atoms with E-state index < -0.39 is 0 Å². The summed E-state index contributed by atoms with van der Waals surface area (Å²) in [6.07, 6.45) is 4.41. The van der Waals surface area contributed by atoms with Gasteiger partial charge < -0.3 is 10.2 Å². The van der Waals surface area contributed by atoms with Crippen LogP contribution in [0.3, 0.4) is 0 Å². The lowest BCUT2D eigenvalue weighted by atomic mass is 10.4. The average molecular weight is 345 g/mol. The van der Waals surface area contributed by atoms with Crippen LogP contribution in [-0.2, 0) is 4.79 Å². The zero-order chi connectivity index (χ0) is 16.5. The van der Waals surface area contributed by atoms with Crippen molar-refractivity contribution in [1.82, 2.24) is 20.4 Å². The quantitative estimate of drug-likeness (QED) is 0.727. The fourth-order valence-electron chi connectivity index (χ4n) is 1.59. The Bertz CT molecular complexity index is 609. The highest BCUT2D eigenvalue weighted by Crippen LogP contribution is 2.22. The Kier molecular flexibility index (Phi) is 7.48. The summed E-state index contributed by atoms with van der Waals surface area (Å²) < 4.78 is 0. The molecule has 0 saturated carbocycles. The Morgan fingerprint density at radius 2 is 1.95 bits per heavy atom. The van der Waals surface area contributed by atoms with E-state index in [-0.39, 0.29) is 5.91 Å². The summed E-state index contributed by atoms with van der Waals surface area (Å²) >= 11 is 11.4. The molecule has 0 aliphatic carbocycles. The van der Waals surface area contributed by atoms with Crippen LogP contribution in [0.25, 0.3) is 0 Å². The molecule has 0 spiro atoms. The van der Waals surface area contributed by atoms with Gasteiger partial charge in [0.15, 0.2) is 0 Å². The minimum atomic E-state index is -0.189. The van der Waals surface area contributed by atoms with E-state index in [0.29, 0.717) is 22.5 Å². The van der Waals surface area contributed by atoms with Crippen LogP contribution in [-0.4, -0.2) is 39.4 Å². The molecular weight excluding hydrogens is 327 g/mol. The van der Waals surface area contributed by atoms with Crippen LogP contribution in [0.4, 0.5) is 11.4 Å². The van der Waals surface area contributed by atoms with Crippen LogP contribution < -0.4 is 10.2 Å². The predicted octanol–water partition coefficient (Wildman–Crippen LogP) is 3.10. The third-order valence-electron chi connectivity index (χ3n) is 2.58. The molecule has 0 unspecified atom stereocenters.